The molecule has 0 radical (unpaired) electrons. The van der Waals surface area contributed by atoms with E-state index in [0.717, 1.165) is 23.2 Å². The summed E-state index contributed by atoms with van der Waals surface area (Å²) in [5.41, 5.74) is 2.88. The van der Waals surface area contributed by atoms with Crippen LogP contribution in [0, 0.1) is 37.5 Å². The number of hydrogen-bond acceptors (Lipinski definition) is 2. The van der Waals surface area contributed by atoms with Gasteiger partial charge >= 0.3 is 0 Å². The summed E-state index contributed by atoms with van der Waals surface area (Å²) in [7, 11) is 0. The number of alkyl halides is 2. The van der Waals surface area contributed by atoms with E-state index >= 15 is 0 Å². The van der Waals surface area contributed by atoms with Crippen LogP contribution in [0.25, 0.3) is 0 Å². The molecular formula is C17H17Br2NO2. The Labute approximate surface area is 146 Å². The van der Waals surface area contributed by atoms with Gasteiger partial charge in [0.2, 0.25) is 11.8 Å². The van der Waals surface area contributed by atoms with Crippen LogP contribution in [-0.4, -0.2) is 21.5 Å². The number of anilines is 1. The molecule has 0 N–H and O–H groups in total. The minimum absolute atomic E-state index is 0.00157. The van der Waals surface area contributed by atoms with Crippen molar-refractivity contribution in [2.45, 2.75) is 29.9 Å². The van der Waals surface area contributed by atoms with Crippen molar-refractivity contribution in [2.24, 2.45) is 23.7 Å². The average molecular weight is 427 g/mol. The van der Waals surface area contributed by atoms with Gasteiger partial charge in [0.1, 0.15) is 0 Å². The lowest BCUT2D eigenvalue weighted by molar-refractivity contribution is -0.123. The van der Waals surface area contributed by atoms with E-state index in [0.29, 0.717) is 0 Å². The molecule has 3 aliphatic rings. The molecule has 3 fully saturated rings. The molecule has 6 atom stereocenters. The lowest BCUT2D eigenvalue weighted by Gasteiger charge is -2.28. The van der Waals surface area contributed by atoms with Crippen LogP contribution in [0.5, 0.6) is 0 Å². The molecule has 4 rings (SSSR count). The fourth-order valence-electron chi connectivity index (χ4n) is 4.64. The molecule has 1 aliphatic heterocycles. The van der Waals surface area contributed by atoms with Crippen molar-refractivity contribution in [1.82, 2.24) is 0 Å². The van der Waals surface area contributed by atoms with Gasteiger partial charge in [0, 0.05) is 9.65 Å². The third-order valence-electron chi connectivity index (χ3n) is 5.58. The number of carbonyl (C=O) groups excluding carboxylic acids is 2. The van der Waals surface area contributed by atoms with Gasteiger partial charge in [-0.25, -0.2) is 4.90 Å². The topological polar surface area (TPSA) is 37.4 Å². The molecular weight excluding hydrogens is 410 g/mol. The summed E-state index contributed by atoms with van der Waals surface area (Å²) >= 11 is 7.43. The van der Waals surface area contributed by atoms with E-state index in [-0.39, 0.29) is 45.1 Å². The summed E-state index contributed by atoms with van der Waals surface area (Å²) in [6.45, 7) is 3.98. The Balaban J connectivity index is 1.76. The maximum Gasteiger partial charge on any atom is 0.238 e. The molecule has 5 heteroatoms. The predicted octanol–water partition coefficient (Wildman–Crippen LogP) is 3.59. The highest BCUT2D eigenvalue weighted by Gasteiger charge is 2.66. The van der Waals surface area contributed by atoms with E-state index in [9.17, 15) is 9.59 Å². The van der Waals surface area contributed by atoms with Gasteiger partial charge in [0.25, 0.3) is 0 Å². The van der Waals surface area contributed by atoms with E-state index in [4.69, 9.17) is 0 Å². The second-order valence-corrected chi connectivity index (χ2v) is 8.92. The molecule has 2 aliphatic carbocycles. The first-order chi connectivity index (χ1) is 10.4. The Morgan fingerprint density at radius 2 is 1.55 bits per heavy atom. The van der Waals surface area contributed by atoms with Crippen molar-refractivity contribution in [3.05, 3.63) is 29.3 Å². The van der Waals surface area contributed by atoms with Crippen molar-refractivity contribution in [1.29, 1.82) is 0 Å². The van der Waals surface area contributed by atoms with Crippen molar-refractivity contribution in [3.8, 4) is 0 Å². The Morgan fingerprint density at radius 1 is 1.00 bits per heavy atom. The molecule has 0 unspecified atom stereocenters. The highest BCUT2D eigenvalue weighted by Crippen LogP contribution is 2.60. The van der Waals surface area contributed by atoms with Gasteiger partial charge in [0.05, 0.1) is 17.5 Å². The first kappa shape index (κ1) is 14.9. The number of fused-ring (bicyclic) bond motifs is 5. The predicted molar refractivity (Wildman–Crippen MR) is 92.4 cm³/mol. The maximum absolute atomic E-state index is 12.9. The lowest BCUT2D eigenvalue weighted by atomic mass is 9.81. The van der Waals surface area contributed by atoms with E-state index in [2.05, 4.69) is 31.9 Å². The number of rotatable bonds is 1. The van der Waals surface area contributed by atoms with Crippen molar-refractivity contribution >= 4 is 49.4 Å². The second kappa shape index (κ2) is 4.91. The van der Waals surface area contributed by atoms with Crippen LogP contribution in [0.15, 0.2) is 18.2 Å². The van der Waals surface area contributed by atoms with Gasteiger partial charge in [0.15, 0.2) is 0 Å². The number of benzene rings is 1. The van der Waals surface area contributed by atoms with Crippen LogP contribution in [0.3, 0.4) is 0 Å². The van der Waals surface area contributed by atoms with Crippen LogP contribution >= 0.6 is 31.9 Å². The van der Waals surface area contributed by atoms with Gasteiger partial charge in [-0.05, 0) is 43.7 Å². The van der Waals surface area contributed by atoms with Gasteiger partial charge in [-0.1, -0.05) is 49.6 Å². The molecule has 2 amide bonds. The van der Waals surface area contributed by atoms with E-state index in [1.165, 1.54) is 4.90 Å². The van der Waals surface area contributed by atoms with Crippen LogP contribution in [0.1, 0.15) is 17.5 Å². The normalized spacial score (nSPS) is 39.7. The molecule has 1 heterocycles. The molecule has 22 heavy (non-hydrogen) atoms. The SMILES string of the molecule is Cc1ccc(N2C(=O)[C@@H]3[C@H]4C[C@H]([C@H](Br)[C@@H]4Br)[C@@H]3C2=O)c(C)c1. The fraction of sp³-hybridized carbons (Fsp3) is 0.529. The zero-order valence-corrected chi connectivity index (χ0v) is 15.6. The highest BCUT2D eigenvalue weighted by atomic mass is 79.9. The third-order valence-corrected chi connectivity index (χ3v) is 8.79. The minimum atomic E-state index is -0.142. The first-order valence-corrected chi connectivity index (χ1v) is 9.48. The van der Waals surface area contributed by atoms with Crippen LogP contribution in [-0.2, 0) is 9.59 Å². The molecule has 1 saturated heterocycles. The molecule has 1 aromatic rings. The van der Waals surface area contributed by atoms with Crippen molar-refractivity contribution in [2.75, 3.05) is 4.90 Å². The van der Waals surface area contributed by atoms with Crippen LogP contribution in [0.4, 0.5) is 5.69 Å². The summed E-state index contributed by atoms with van der Waals surface area (Å²) in [6.07, 6.45) is 0.972. The summed E-state index contributed by atoms with van der Waals surface area (Å²) in [5, 5.41) is 0. The lowest BCUT2D eigenvalue weighted by Crippen LogP contribution is -2.37. The highest BCUT2D eigenvalue weighted by molar-refractivity contribution is 9.12. The number of carbonyl (C=O) groups is 2. The smallest absolute Gasteiger partial charge is 0.238 e. The third kappa shape index (κ3) is 1.78. The quantitative estimate of drug-likeness (QED) is 0.508. The number of nitrogens with zero attached hydrogens (tertiary/aromatic N) is 1. The molecule has 1 aromatic carbocycles. The standard InChI is InChI=1S/C17H17Br2NO2/c1-7-3-4-11(8(2)5-7)20-16(21)12-9-6-10(13(12)17(20)22)15(19)14(9)18/h3-5,9-10,12-15H,6H2,1-2H3/t9-,10+,12-,13+,14-,15+. The average Bonchev–Trinajstić information content (AvgIpc) is 3.06. The number of amides is 2. The second-order valence-electron chi connectivity index (χ2n) is 6.81. The minimum Gasteiger partial charge on any atom is -0.274 e. The first-order valence-electron chi connectivity index (χ1n) is 7.65. The van der Waals surface area contributed by atoms with Crippen LogP contribution in [0.2, 0.25) is 0 Å². The fourth-order valence-corrected chi connectivity index (χ4v) is 6.52. The number of aryl methyl sites for hydroxylation is 2. The molecule has 0 spiro atoms. The molecule has 2 saturated carbocycles. The Bertz CT molecular complexity index is 657. The van der Waals surface area contributed by atoms with Crippen molar-refractivity contribution < 1.29 is 9.59 Å². The molecule has 2 bridgehead atoms. The Kier molecular flexibility index (Phi) is 3.32. The number of halogens is 2. The maximum atomic E-state index is 12.9. The zero-order valence-electron chi connectivity index (χ0n) is 12.4. The Morgan fingerprint density at radius 3 is 2.05 bits per heavy atom. The number of imide groups is 1. The zero-order chi connectivity index (χ0) is 15.8. The Hall–Kier alpha value is -0.680. The summed E-state index contributed by atoms with van der Waals surface area (Å²) in [6, 6.07) is 5.89. The summed E-state index contributed by atoms with van der Waals surface area (Å²) < 4.78 is 0. The van der Waals surface area contributed by atoms with E-state index in [1.807, 2.05) is 32.0 Å². The largest absolute Gasteiger partial charge is 0.274 e. The van der Waals surface area contributed by atoms with Gasteiger partial charge in [-0.3, -0.25) is 9.59 Å². The van der Waals surface area contributed by atoms with Crippen LogP contribution < -0.4 is 4.90 Å². The van der Waals surface area contributed by atoms with Gasteiger partial charge < -0.3 is 0 Å². The summed E-state index contributed by atoms with van der Waals surface area (Å²) in [4.78, 5) is 27.9. The van der Waals surface area contributed by atoms with Gasteiger partial charge in [-0.15, -0.1) is 0 Å². The molecule has 116 valence electrons. The van der Waals surface area contributed by atoms with Gasteiger partial charge in [-0.2, -0.15) is 0 Å². The van der Waals surface area contributed by atoms with E-state index in [1.54, 1.807) is 0 Å². The monoisotopic (exact) mass is 425 g/mol. The molecule has 0 aromatic heterocycles. The summed E-state index contributed by atoms with van der Waals surface area (Å²) in [5.74, 6) is 0.252. The van der Waals surface area contributed by atoms with Crippen molar-refractivity contribution in [3.63, 3.8) is 0 Å². The molecule has 3 nitrogen and oxygen atoms in total. The number of hydrogen-bond donors (Lipinski definition) is 0. The van der Waals surface area contributed by atoms with E-state index < -0.39 is 0 Å².